The van der Waals surface area contributed by atoms with Gasteiger partial charge in [0.15, 0.2) is 17.0 Å². The largest absolute Gasteiger partial charge is 0.508 e. The first-order valence-electron chi connectivity index (χ1n) is 11.6. The fraction of sp³-hybridized carbons (Fsp3) is 0.346. The molecule has 0 bridgehead atoms. The molecule has 1 atom stereocenters. The molecule has 0 fully saturated rings. The Labute approximate surface area is 204 Å². The number of aromatic hydroxyl groups is 1. The van der Waals surface area contributed by atoms with Crippen LogP contribution < -0.4 is 15.4 Å². The van der Waals surface area contributed by atoms with Gasteiger partial charge in [-0.1, -0.05) is 37.3 Å². The normalized spacial score (nSPS) is 12.5. The van der Waals surface area contributed by atoms with Crippen molar-refractivity contribution in [3.8, 4) is 11.5 Å². The van der Waals surface area contributed by atoms with Gasteiger partial charge < -0.3 is 30.2 Å². The highest BCUT2D eigenvalue weighted by Gasteiger charge is 2.26. The Morgan fingerprint density at radius 1 is 1.11 bits per heavy atom. The second-order valence-electron chi connectivity index (χ2n) is 9.03. The summed E-state index contributed by atoms with van der Waals surface area (Å²) in [7, 11) is 1.58. The van der Waals surface area contributed by atoms with Crippen molar-refractivity contribution in [3.63, 3.8) is 0 Å². The van der Waals surface area contributed by atoms with Crippen LogP contribution in [0.1, 0.15) is 38.3 Å². The number of fused-ring (bicyclic) bond motifs is 1. The number of methoxy groups -OCH3 is 1. The Balaban J connectivity index is 1.71. The van der Waals surface area contributed by atoms with Crippen molar-refractivity contribution in [1.29, 1.82) is 0 Å². The minimum atomic E-state index is -0.961. The molecule has 0 aliphatic heterocycles. The van der Waals surface area contributed by atoms with Crippen molar-refractivity contribution in [3.05, 3.63) is 66.0 Å². The fourth-order valence-electron chi connectivity index (χ4n) is 3.97. The number of aromatic nitrogens is 4. The van der Waals surface area contributed by atoms with Gasteiger partial charge >= 0.3 is 0 Å². The zero-order valence-corrected chi connectivity index (χ0v) is 20.5. The quantitative estimate of drug-likeness (QED) is 0.270. The van der Waals surface area contributed by atoms with Crippen LogP contribution in [0.25, 0.3) is 11.2 Å². The van der Waals surface area contributed by atoms with E-state index in [2.05, 4.69) is 32.7 Å². The Morgan fingerprint density at radius 2 is 1.89 bits per heavy atom. The third-order valence-electron chi connectivity index (χ3n) is 5.96. The smallest absolute Gasteiger partial charge is 0.227 e. The van der Waals surface area contributed by atoms with Crippen LogP contribution in [0.5, 0.6) is 11.5 Å². The van der Waals surface area contributed by atoms with E-state index in [4.69, 9.17) is 9.72 Å². The van der Waals surface area contributed by atoms with Gasteiger partial charge in [-0.15, -0.1) is 0 Å². The molecule has 35 heavy (non-hydrogen) atoms. The van der Waals surface area contributed by atoms with Crippen LogP contribution in [0.4, 0.5) is 11.8 Å². The van der Waals surface area contributed by atoms with Gasteiger partial charge in [0.05, 0.1) is 31.6 Å². The number of aliphatic hydroxyl groups is 1. The lowest BCUT2D eigenvalue weighted by Gasteiger charge is -2.29. The van der Waals surface area contributed by atoms with Gasteiger partial charge in [-0.2, -0.15) is 9.97 Å². The standard InChI is InChI=1S/C26H32N6O3/c1-5-21(26(2,3)34)29-25-30-23(27-14-18-13-19(35-4)11-12-20(18)33)22-24(31-25)32(16-28-22)15-17-9-7-6-8-10-17/h6-13,16,21,33-34H,5,14-15H2,1-4H3,(H2,27,29,30,31). The molecule has 4 N–H and O–H groups in total. The van der Waals surface area contributed by atoms with E-state index < -0.39 is 5.60 Å². The van der Waals surface area contributed by atoms with Crippen LogP contribution >= 0.6 is 0 Å². The molecule has 0 radical (unpaired) electrons. The van der Waals surface area contributed by atoms with E-state index in [-0.39, 0.29) is 11.8 Å². The van der Waals surface area contributed by atoms with E-state index in [0.29, 0.717) is 53.8 Å². The maximum Gasteiger partial charge on any atom is 0.227 e. The second-order valence-corrected chi connectivity index (χ2v) is 9.03. The van der Waals surface area contributed by atoms with Crippen LogP contribution in [0.15, 0.2) is 54.9 Å². The number of nitrogens with one attached hydrogen (secondary N) is 2. The number of phenolic OH excluding ortho intramolecular Hbond substituents is 1. The second kappa shape index (κ2) is 10.2. The average molecular weight is 477 g/mol. The number of rotatable bonds is 10. The summed E-state index contributed by atoms with van der Waals surface area (Å²) < 4.78 is 7.25. The van der Waals surface area contributed by atoms with Crippen molar-refractivity contribution >= 4 is 22.9 Å². The predicted molar refractivity (Wildman–Crippen MR) is 137 cm³/mol. The number of hydrogen-bond acceptors (Lipinski definition) is 8. The first kappa shape index (κ1) is 24.3. The monoisotopic (exact) mass is 476 g/mol. The Kier molecular flexibility index (Phi) is 7.07. The molecular formula is C26H32N6O3. The molecule has 0 aliphatic rings. The summed E-state index contributed by atoms with van der Waals surface area (Å²) in [5, 5.41) is 27.5. The van der Waals surface area contributed by atoms with E-state index in [1.54, 1.807) is 45.5 Å². The highest BCUT2D eigenvalue weighted by atomic mass is 16.5. The number of imidazole rings is 1. The lowest BCUT2D eigenvalue weighted by molar-refractivity contribution is 0.0577. The average Bonchev–Trinajstić information content (AvgIpc) is 3.24. The Morgan fingerprint density at radius 3 is 2.57 bits per heavy atom. The van der Waals surface area contributed by atoms with Crippen LogP contribution in [0.2, 0.25) is 0 Å². The third kappa shape index (κ3) is 5.63. The van der Waals surface area contributed by atoms with Gasteiger partial charge in [0.2, 0.25) is 5.95 Å². The van der Waals surface area contributed by atoms with Crippen LogP contribution in [0, 0.1) is 0 Å². The summed E-state index contributed by atoms with van der Waals surface area (Å²) in [5.74, 6) is 1.72. The summed E-state index contributed by atoms with van der Waals surface area (Å²) in [4.78, 5) is 14.0. The van der Waals surface area contributed by atoms with Gasteiger partial charge in [-0.25, -0.2) is 4.98 Å². The molecular weight excluding hydrogens is 444 g/mol. The number of nitrogens with zero attached hydrogens (tertiary/aromatic N) is 4. The van der Waals surface area contributed by atoms with Crippen molar-refractivity contribution in [2.45, 2.75) is 51.9 Å². The Bertz CT molecular complexity index is 1280. The molecule has 2 aromatic carbocycles. The predicted octanol–water partition coefficient (Wildman–Crippen LogP) is 4.16. The molecule has 4 aromatic rings. The first-order valence-corrected chi connectivity index (χ1v) is 11.6. The van der Waals surface area contributed by atoms with E-state index >= 15 is 0 Å². The molecule has 9 nitrogen and oxygen atoms in total. The number of benzene rings is 2. The number of hydrogen-bond donors (Lipinski definition) is 4. The zero-order chi connectivity index (χ0) is 25.0. The summed E-state index contributed by atoms with van der Waals surface area (Å²) in [6.07, 6.45) is 2.44. The van der Waals surface area contributed by atoms with Crippen LogP contribution in [-0.2, 0) is 13.1 Å². The molecule has 0 amide bonds. The van der Waals surface area contributed by atoms with E-state index in [1.165, 1.54) is 0 Å². The van der Waals surface area contributed by atoms with Gasteiger partial charge in [-0.05, 0) is 44.0 Å². The molecule has 0 saturated carbocycles. The minimum absolute atomic E-state index is 0.157. The molecule has 9 heteroatoms. The summed E-state index contributed by atoms with van der Waals surface area (Å²) in [5.41, 5.74) is 2.10. The molecule has 2 heterocycles. The van der Waals surface area contributed by atoms with Gasteiger partial charge in [0, 0.05) is 12.1 Å². The fourth-order valence-corrected chi connectivity index (χ4v) is 3.97. The molecule has 1 unspecified atom stereocenters. The van der Waals surface area contributed by atoms with Crippen molar-refractivity contribution in [2.24, 2.45) is 0 Å². The molecule has 2 aromatic heterocycles. The van der Waals surface area contributed by atoms with Crippen molar-refractivity contribution in [2.75, 3.05) is 17.7 Å². The molecule has 0 aliphatic carbocycles. The lowest BCUT2D eigenvalue weighted by atomic mass is 9.97. The van der Waals surface area contributed by atoms with E-state index in [9.17, 15) is 10.2 Å². The zero-order valence-electron chi connectivity index (χ0n) is 20.5. The number of anilines is 2. The van der Waals surface area contributed by atoms with Crippen LogP contribution in [-0.4, -0.2) is 48.5 Å². The van der Waals surface area contributed by atoms with Crippen molar-refractivity contribution in [1.82, 2.24) is 19.5 Å². The highest BCUT2D eigenvalue weighted by molar-refractivity contribution is 5.84. The van der Waals surface area contributed by atoms with Crippen LogP contribution in [0.3, 0.4) is 0 Å². The molecule has 184 valence electrons. The highest BCUT2D eigenvalue weighted by Crippen LogP contribution is 2.27. The van der Waals surface area contributed by atoms with Crippen molar-refractivity contribution < 1.29 is 14.9 Å². The Hall–Kier alpha value is -3.85. The minimum Gasteiger partial charge on any atom is -0.508 e. The third-order valence-corrected chi connectivity index (χ3v) is 5.96. The molecule has 0 saturated heterocycles. The maximum absolute atomic E-state index is 10.6. The SMILES string of the molecule is CCC(Nc1nc(NCc2cc(OC)ccc2O)c2ncn(Cc3ccccc3)c2n1)C(C)(C)O. The summed E-state index contributed by atoms with van der Waals surface area (Å²) in [6, 6.07) is 14.9. The molecule has 0 spiro atoms. The topological polar surface area (TPSA) is 117 Å². The summed E-state index contributed by atoms with van der Waals surface area (Å²) >= 11 is 0. The van der Waals surface area contributed by atoms with E-state index in [0.717, 1.165) is 5.56 Å². The number of phenols is 1. The van der Waals surface area contributed by atoms with E-state index in [1.807, 2.05) is 29.7 Å². The first-order chi connectivity index (χ1) is 16.8. The maximum atomic E-state index is 10.6. The molecule has 4 rings (SSSR count). The van der Waals surface area contributed by atoms with Gasteiger partial charge in [0.1, 0.15) is 11.5 Å². The lowest BCUT2D eigenvalue weighted by Crippen LogP contribution is -2.41. The summed E-state index contributed by atoms with van der Waals surface area (Å²) in [6.45, 7) is 6.43. The van der Waals surface area contributed by atoms with Gasteiger partial charge in [-0.3, -0.25) is 0 Å². The van der Waals surface area contributed by atoms with Gasteiger partial charge in [0.25, 0.3) is 0 Å². The number of ether oxygens (including phenoxy) is 1.